The van der Waals surface area contributed by atoms with Crippen LogP contribution in [0.15, 0.2) is 58.3 Å². The van der Waals surface area contributed by atoms with E-state index in [9.17, 15) is 21.6 Å². The Balaban J connectivity index is 1.65. The first kappa shape index (κ1) is 25.4. The molecule has 0 spiro atoms. The summed E-state index contributed by atoms with van der Waals surface area (Å²) in [6, 6.07) is 12.1. The largest absolute Gasteiger partial charge is 0.348 e. The van der Waals surface area contributed by atoms with Gasteiger partial charge >= 0.3 is 0 Å². The summed E-state index contributed by atoms with van der Waals surface area (Å²) in [5.41, 5.74) is 0.980. The molecule has 1 aliphatic rings. The van der Waals surface area contributed by atoms with Crippen LogP contribution in [0.3, 0.4) is 0 Å². The molecule has 2 aromatic carbocycles. The number of sulfonamides is 2. The van der Waals surface area contributed by atoms with E-state index in [1.807, 2.05) is 6.92 Å². The Morgan fingerprint density at radius 3 is 2.27 bits per heavy atom. The Morgan fingerprint density at radius 1 is 0.970 bits per heavy atom. The Morgan fingerprint density at radius 2 is 1.64 bits per heavy atom. The summed E-state index contributed by atoms with van der Waals surface area (Å²) in [7, 11) is -7.19. The van der Waals surface area contributed by atoms with E-state index < -0.39 is 20.0 Å². The lowest BCUT2D eigenvalue weighted by Crippen LogP contribution is -2.35. The molecule has 3 rings (SSSR count). The summed E-state index contributed by atoms with van der Waals surface area (Å²) in [5, 5.41) is 2.76. The molecule has 2 aromatic rings. The molecule has 180 valence electrons. The molecule has 0 saturated carbocycles. The lowest BCUT2D eigenvalue weighted by molar-refractivity contribution is 0.0950. The van der Waals surface area contributed by atoms with Gasteiger partial charge in [0.05, 0.1) is 9.79 Å². The van der Waals surface area contributed by atoms with Crippen molar-refractivity contribution in [3.8, 4) is 0 Å². The van der Waals surface area contributed by atoms with Crippen LogP contribution in [0.2, 0.25) is 0 Å². The van der Waals surface area contributed by atoms with Gasteiger partial charge in [-0.2, -0.15) is 4.31 Å². The number of carbonyl (C=O) groups excluding carboxylic acids is 1. The predicted molar refractivity (Wildman–Crippen MR) is 127 cm³/mol. The van der Waals surface area contributed by atoms with Crippen molar-refractivity contribution in [3.05, 3.63) is 59.7 Å². The lowest BCUT2D eigenvalue weighted by atomic mass is 10.2. The van der Waals surface area contributed by atoms with Gasteiger partial charge in [-0.3, -0.25) is 4.79 Å². The first-order valence-electron chi connectivity index (χ1n) is 11.1. The van der Waals surface area contributed by atoms with E-state index in [2.05, 4.69) is 10.0 Å². The summed E-state index contributed by atoms with van der Waals surface area (Å²) in [5.74, 6) is -0.377. The summed E-state index contributed by atoms with van der Waals surface area (Å²) >= 11 is 0. The fourth-order valence-electron chi connectivity index (χ4n) is 3.56. The number of benzene rings is 2. The second-order valence-corrected chi connectivity index (χ2v) is 11.9. The summed E-state index contributed by atoms with van der Waals surface area (Å²) < 4.78 is 54.6. The highest BCUT2D eigenvalue weighted by molar-refractivity contribution is 7.89. The number of nitrogens with one attached hydrogen (secondary N) is 2. The van der Waals surface area contributed by atoms with E-state index in [1.54, 1.807) is 31.2 Å². The maximum Gasteiger partial charge on any atom is 0.251 e. The second kappa shape index (κ2) is 10.8. The van der Waals surface area contributed by atoms with Crippen molar-refractivity contribution < 1.29 is 21.6 Å². The van der Waals surface area contributed by atoms with Crippen LogP contribution >= 0.6 is 0 Å². The van der Waals surface area contributed by atoms with E-state index in [1.165, 1.54) is 28.6 Å². The van der Waals surface area contributed by atoms with Gasteiger partial charge in [0.1, 0.15) is 0 Å². The van der Waals surface area contributed by atoms with Crippen molar-refractivity contribution in [2.45, 2.75) is 61.9 Å². The van der Waals surface area contributed by atoms with Crippen molar-refractivity contribution in [1.82, 2.24) is 14.3 Å². The van der Waals surface area contributed by atoms with Gasteiger partial charge in [0.15, 0.2) is 0 Å². The van der Waals surface area contributed by atoms with Crippen LogP contribution in [-0.2, 0) is 26.6 Å². The van der Waals surface area contributed by atoms with Crippen LogP contribution < -0.4 is 10.0 Å². The molecule has 1 saturated heterocycles. The Bertz CT molecular complexity index is 1170. The van der Waals surface area contributed by atoms with Crippen LogP contribution in [-0.4, -0.2) is 46.2 Å². The minimum atomic E-state index is -3.64. The normalized spacial score (nSPS) is 16.3. The van der Waals surface area contributed by atoms with Crippen LogP contribution in [0.1, 0.15) is 55.5 Å². The molecule has 1 heterocycles. The van der Waals surface area contributed by atoms with Crippen molar-refractivity contribution >= 4 is 26.0 Å². The SMILES string of the molecule is CCC(C)NS(=O)(=O)c1ccc(C(=O)NCc2cccc(S(=O)(=O)N3CCCCC3)c2)cc1. The Kier molecular flexibility index (Phi) is 8.28. The van der Waals surface area contributed by atoms with E-state index in [4.69, 9.17) is 0 Å². The molecule has 33 heavy (non-hydrogen) atoms. The van der Waals surface area contributed by atoms with Gasteiger partial charge in [-0.15, -0.1) is 0 Å². The number of nitrogens with zero attached hydrogens (tertiary/aromatic N) is 1. The van der Waals surface area contributed by atoms with Gasteiger partial charge in [0.25, 0.3) is 5.91 Å². The highest BCUT2D eigenvalue weighted by Gasteiger charge is 2.26. The molecule has 1 unspecified atom stereocenters. The molecule has 1 aliphatic heterocycles. The Labute approximate surface area is 196 Å². The van der Waals surface area contributed by atoms with Crippen LogP contribution in [0.25, 0.3) is 0 Å². The zero-order valence-corrected chi connectivity index (χ0v) is 20.6. The minimum absolute atomic E-state index is 0.0926. The zero-order chi connectivity index (χ0) is 24.1. The third-order valence-electron chi connectivity index (χ3n) is 5.70. The van der Waals surface area contributed by atoms with Gasteiger partial charge in [-0.25, -0.2) is 21.6 Å². The quantitative estimate of drug-likeness (QED) is 0.558. The zero-order valence-electron chi connectivity index (χ0n) is 19.0. The number of hydrogen-bond donors (Lipinski definition) is 2. The van der Waals surface area contributed by atoms with Crippen molar-refractivity contribution in [2.24, 2.45) is 0 Å². The summed E-state index contributed by atoms with van der Waals surface area (Å²) in [4.78, 5) is 12.8. The maximum atomic E-state index is 12.9. The van der Waals surface area contributed by atoms with Crippen molar-refractivity contribution in [1.29, 1.82) is 0 Å². The fraction of sp³-hybridized carbons (Fsp3) is 0.435. The highest BCUT2D eigenvalue weighted by Crippen LogP contribution is 2.21. The monoisotopic (exact) mass is 493 g/mol. The van der Waals surface area contributed by atoms with Crippen LogP contribution in [0.4, 0.5) is 0 Å². The first-order valence-corrected chi connectivity index (χ1v) is 14.1. The van der Waals surface area contributed by atoms with Crippen LogP contribution in [0.5, 0.6) is 0 Å². The maximum absolute atomic E-state index is 12.9. The molecular weight excluding hydrogens is 462 g/mol. The van der Waals surface area contributed by atoms with E-state index in [0.29, 0.717) is 30.6 Å². The van der Waals surface area contributed by atoms with Gasteiger partial charge in [-0.1, -0.05) is 25.5 Å². The molecular formula is C23H31N3O5S2. The number of hydrogen-bond acceptors (Lipinski definition) is 5. The minimum Gasteiger partial charge on any atom is -0.348 e. The van der Waals surface area contributed by atoms with Gasteiger partial charge in [0, 0.05) is 31.2 Å². The van der Waals surface area contributed by atoms with E-state index in [0.717, 1.165) is 19.3 Å². The highest BCUT2D eigenvalue weighted by atomic mass is 32.2. The average Bonchev–Trinajstić information content (AvgIpc) is 2.83. The predicted octanol–water partition coefficient (Wildman–Crippen LogP) is 2.87. The molecule has 0 aliphatic carbocycles. The average molecular weight is 494 g/mol. The van der Waals surface area contributed by atoms with Crippen molar-refractivity contribution in [2.75, 3.05) is 13.1 Å². The second-order valence-electron chi connectivity index (χ2n) is 8.25. The van der Waals surface area contributed by atoms with Gasteiger partial charge in [-0.05, 0) is 68.1 Å². The Hall–Kier alpha value is -2.27. The number of amides is 1. The smallest absolute Gasteiger partial charge is 0.251 e. The number of piperidine rings is 1. The first-order chi connectivity index (χ1) is 15.6. The molecule has 0 bridgehead atoms. The molecule has 10 heteroatoms. The molecule has 1 fully saturated rings. The molecule has 2 N–H and O–H groups in total. The molecule has 8 nitrogen and oxygen atoms in total. The molecule has 1 amide bonds. The van der Waals surface area contributed by atoms with Crippen LogP contribution in [0, 0.1) is 0 Å². The van der Waals surface area contributed by atoms with Gasteiger partial charge < -0.3 is 5.32 Å². The van der Waals surface area contributed by atoms with Gasteiger partial charge in [0.2, 0.25) is 20.0 Å². The van der Waals surface area contributed by atoms with Crippen molar-refractivity contribution in [3.63, 3.8) is 0 Å². The summed E-state index contributed by atoms with van der Waals surface area (Å²) in [6.45, 7) is 4.88. The number of rotatable bonds is 9. The van der Waals surface area contributed by atoms with E-state index in [-0.39, 0.29) is 28.3 Å². The molecule has 1 atom stereocenters. The number of carbonyl (C=O) groups is 1. The fourth-order valence-corrected chi connectivity index (χ4v) is 6.47. The molecule has 0 radical (unpaired) electrons. The third-order valence-corrected chi connectivity index (χ3v) is 9.20. The standard InChI is InChI=1S/C23H31N3O5S2/c1-3-18(2)25-32(28,29)21-12-10-20(11-13-21)23(27)24-17-19-8-7-9-22(16-19)33(30,31)26-14-5-4-6-15-26/h7-13,16,18,25H,3-6,14-15,17H2,1-2H3,(H,24,27). The lowest BCUT2D eigenvalue weighted by Gasteiger charge is -2.26. The van der Waals surface area contributed by atoms with E-state index >= 15 is 0 Å². The summed E-state index contributed by atoms with van der Waals surface area (Å²) in [6.07, 6.45) is 3.44. The molecule has 0 aromatic heterocycles. The topological polar surface area (TPSA) is 113 Å². The third kappa shape index (κ3) is 6.41.